The summed E-state index contributed by atoms with van der Waals surface area (Å²) in [5, 5.41) is 12.6. The van der Waals surface area contributed by atoms with Gasteiger partial charge in [0, 0.05) is 32.9 Å². The van der Waals surface area contributed by atoms with Crippen LogP contribution in [-0.2, 0) is 10.9 Å². The summed E-state index contributed by atoms with van der Waals surface area (Å²) in [7, 11) is 0. The van der Waals surface area contributed by atoms with E-state index in [1.54, 1.807) is 4.90 Å². The van der Waals surface area contributed by atoms with E-state index in [0.717, 1.165) is 31.4 Å². The van der Waals surface area contributed by atoms with Crippen LogP contribution in [0, 0.1) is 11.2 Å². The fraction of sp³-hybridized carbons (Fsp3) is 0.565. The van der Waals surface area contributed by atoms with Gasteiger partial charge in [-0.25, -0.2) is 9.97 Å². The molecule has 0 spiro atoms. The smallest absolute Gasteiger partial charge is 0.396 e. The number of benzene rings is 1. The Morgan fingerprint density at radius 3 is 2.55 bits per heavy atom. The lowest BCUT2D eigenvalue weighted by Crippen LogP contribution is -2.37. The largest absolute Gasteiger partial charge is 0.416 e. The van der Waals surface area contributed by atoms with E-state index in [2.05, 4.69) is 15.3 Å². The molecule has 0 unspecified atom stereocenters. The lowest BCUT2D eigenvalue weighted by Gasteiger charge is -2.37. The van der Waals surface area contributed by atoms with Crippen LogP contribution in [0.2, 0.25) is 0 Å². The van der Waals surface area contributed by atoms with Gasteiger partial charge in [0.1, 0.15) is 6.33 Å². The molecule has 2 aromatic rings. The molecule has 2 fully saturated rings. The second-order valence-electron chi connectivity index (χ2n) is 8.77. The number of ether oxygens (including phenoxy) is 1. The van der Waals surface area contributed by atoms with Gasteiger partial charge in [-0.1, -0.05) is 12.1 Å². The Kier molecular flexibility index (Phi) is 7.04. The third kappa shape index (κ3) is 5.22. The molecule has 1 aromatic heterocycles. The van der Waals surface area contributed by atoms with Crippen LogP contribution in [0.25, 0.3) is 0 Å². The number of halogens is 4. The highest BCUT2D eigenvalue weighted by Gasteiger charge is 2.35. The molecule has 0 aliphatic carbocycles. The summed E-state index contributed by atoms with van der Waals surface area (Å²) in [5.74, 6) is -0.359. The van der Waals surface area contributed by atoms with E-state index in [1.165, 1.54) is 18.5 Å². The fourth-order valence-corrected chi connectivity index (χ4v) is 4.77. The maximum absolute atomic E-state index is 15.4. The molecule has 0 bridgehead atoms. The minimum absolute atomic E-state index is 0.0434. The quantitative estimate of drug-likeness (QED) is 0.581. The molecular formula is C23H28F4N4O2. The Labute approximate surface area is 190 Å². The molecule has 3 heterocycles. The maximum Gasteiger partial charge on any atom is 0.416 e. The van der Waals surface area contributed by atoms with Crippen molar-refractivity contribution < 1.29 is 27.4 Å². The van der Waals surface area contributed by atoms with Crippen LogP contribution in [0.5, 0.6) is 0 Å². The average Bonchev–Trinajstić information content (AvgIpc) is 3.28. The van der Waals surface area contributed by atoms with E-state index >= 15 is 4.39 Å². The highest BCUT2D eigenvalue weighted by atomic mass is 19.4. The van der Waals surface area contributed by atoms with Gasteiger partial charge < -0.3 is 20.1 Å². The lowest BCUT2D eigenvalue weighted by atomic mass is 9.77. The molecular weight excluding hydrogens is 440 g/mol. The maximum atomic E-state index is 15.4. The highest BCUT2D eigenvalue weighted by molar-refractivity contribution is 5.53. The van der Waals surface area contributed by atoms with Crippen molar-refractivity contribution in [2.45, 2.75) is 44.3 Å². The zero-order chi connectivity index (χ0) is 23.5. The van der Waals surface area contributed by atoms with E-state index < -0.39 is 17.6 Å². The minimum atomic E-state index is -4.40. The number of aliphatic hydroxyl groups excluding tert-OH is 1. The van der Waals surface area contributed by atoms with Crippen molar-refractivity contribution in [3.63, 3.8) is 0 Å². The van der Waals surface area contributed by atoms with Crippen LogP contribution >= 0.6 is 0 Å². The number of hydrogen-bond acceptors (Lipinski definition) is 6. The zero-order valence-electron chi connectivity index (χ0n) is 18.2. The first kappa shape index (κ1) is 23.7. The predicted octanol–water partition coefficient (Wildman–Crippen LogP) is 4.57. The SMILES string of the molecule is OCCC1(CNc2ncnc(N3CCC[C@@H]3c3ccc(C(F)(F)F)cc3)c2F)CCOCC1. The van der Waals surface area contributed by atoms with E-state index in [9.17, 15) is 18.3 Å². The van der Waals surface area contributed by atoms with Crippen LogP contribution in [-0.4, -0.2) is 48.0 Å². The molecule has 4 rings (SSSR count). The lowest BCUT2D eigenvalue weighted by molar-refractivity contribution is -0.137. The van der Waals surface area contributed by atoms with Crippen molar-refractivity contribution in [1.82, 2.24) is 9.97 Å². The van der Waals surface area contributed by atoms with Gasteiger partial charge in [-0.15, -0.1) is 0 Å². The van der Waals surface area contributed by atoms with Gasteiger partial charge in [-0.3, -0.25) is 0 Å². The first-order chi connectivity index (χ1) is 15.8. The number of rotatable bonds is 7. The van der Waals surface area contributed by atoms with Crippen molar-refractivity contribution in [2.24, 2.45) is 5.41 Å². The number of alkyl halides is 3. The number of aliphatic hydroxyl groups is 1. The average molecular weight is 468 g/mol. The normalized spacial score (nSPS) is 20.8. The van der Waals surface area contributed by atoms with E-state index in [4.69, 9.17) is 4.74 Å². The number of hydrogen-bond donors (Lipinski definition) is 2. The highest BCUT2D eigenvalue weighted by Crippen LogP contribution is 2.39. The van der Waals surface area contributed by atoms with Crippen LogP contribution in [0.1, 0.15) is 49.3 Å². The summed E-state index contributed by atoms with van der Waals surface area (Å²) in [4.78, 5) is 10.0. The van der Waals surface area contributed by atoms with E-state index in [0.29, 0.717) is 44.7 Å². The van der Waals surface area contributed by atoms with E-state index in [1.807, 2.05) is 0 Å². The molecule has 1 atom stereocenters. The number of nitrogens with zero attached hydrogens (tertiary/aromatic N) is 3. The monoisotopic (exact) mass is 468 g/mol. The summed E-state index contributed by atoms with van der Waals surface area (Å²) in [5.41, 5.74) is -0.210. The van der Waals surface area contributed by atoms with Gasteiger partial charge >= 0.3 is 6.18 Å². The van der Waals surface area contributed by atoms with Gasteiger partial charge in [0.05, 0.1) is 11.6 Å². The molecule has 0 amide bonds. The van der Waals surface area contributed by atoms with Gasteiger partial charge in [-0.05, 0) is 55.2 Å². The molecule has 0 radical (unpaired) electrons. The molecule has 2 aliphatic heterocycles. The van der Waals surface area contributed by atoms with Crippen molar-refractivity contribution in [3.05, 3.63) is 47.5 Å². The summed E-state index contributed by atoms with van der Waals surface area (Å²) in [6, 6.07) is 4.76. The van der Waals surface area contributed by atoms with Crippen molar-refractivity contribution in [2.75, 3.05) is 43.1 Å². The molecule has 1 aromatic carbocycles. The Bertz CT molecular complexity index is 928. The number of aromatic nitrogens is 2. The molecule has 180 valence electrons. The molecule has 2 aliphatic rings. The fourth-order valence-electron chi connectivity index (χ4n) is 4.77. The summed E-state index contributed by atoms with van der Waals surface area (Å²) >= 11 is 0. The minimum Gasteiger partial charge on any atom is -0.396 e. The Balaban J connectivity index is 1.52. The standard InChI is InChI=1S/C23H28F4N4O2/c24-19-20(28-14-22(7-11-32)8-12-33-13-9-22)29-15-30-21(19)31-10-1-2-18(31)16-3-5-17(6-4-16)23(25,26)27/h3-6,15,18,32H,1-2,7-14H2,(H,28,29,30)/t18-/m1/s1. The van der Waals surface area contributed by atoms with Crippen LogP contribution in [0.4, 0.5) is 29.2 Å². The van der Waals surface area contributed by atoms with Crippen LogP contribution in [0.15, 0.2) is 30.6 Å². The van der Waals surface area contributed by atoms with Gasteiger partial charge in [0.15, 0.2) is 11.6 Å². The first-order valence-corrected chi connectivity index (χ1v) is 11.2. The Hall–Kier alpha value is -2.46. The van der Waals surface area contributed by atoms with Gasteiger partial charge in [-0.2, -0.15) is 17.6 Å². The number of anilines is 2. The second-order valence-corrected chi connectivity index (χ2v) is 8.77. The van der Waals surface area contributed by atoms with Crippen molar-refractivity contribution in [3.8, 4) is 0 Å². The van der Waals surface area contributed by atoms with Crippen LogP contribution in [0.3, 0.4) is 0 Å². The molecule has 33 heavy (non-hydrogen) atoms. The topological polar surface area (TPSA) is 70.5 Å². The number of nitrogens with one attached hydrogen (secondary N) is 1. The molecule has 6 nitrogen and oxygen atoms in total. The summed E-state index contributed by atoms with van der Waals surface area (Å²) in [6.45, 7) is 2.24. The summed E-state index contributed by atoms with van der Waals surface area (Å²) in [6.07, 6.45) is 0.487. The first-order valence-electron chi connectivity index (χ1n) is 11.2. The molecule has 10 heteroatoms. The zero-order valence-corrected chi connectivity index (χ0v) is 18.2. The Morgan fingerprint density at radius 2 is 1.88 bits per heavy atom. The van der Waals surface area contributed by atoms with Crippen molar-refractivity contribution >= 4 is 11.6 Å². The Morgan fingerprint density at radius 1 is 1.15 bits per heavy atom. The predicted molar refractivity (Wildman–Crippen MR) is 115 cm³/mol. The third-order valence-electron chi connectivity index (χ3n) is 6.75. The molecule has 2 saturated heterocycles. The van der Waals surface area contributed by atoms with E-state index in [-0.39, 0.29) is 29.7 Å². The summed E-state index contributed by atoms with van der Waals surface area (Å²) < 4.78 is 59.6. The van der Waals surface area contributed by atoms with Crippen LogP contribution < -0.4 is 10.2 Å². The van der Waals surface area contributed by atoms with Crippen molar-refractivity contribution in [1.29, 1.82) is 0 Å². The molecule has 0 saturated carbocycles. The van der Waals surface area contributed by atoms with Gasteiger partial charge in [0.25, 0.3) is 0 Å². The molecule has 2 N–H and O–H groups in total. The second kappa shape index (κ2) is 9.80. The van der Waals surface area contributed by atoms with Gasteiger partial charge in [0.2, 0.25) is 5.82 Å². The third-order valence-corrected chi connectivity index (χ3v) is 6.75.